The minimum Gasteiger partial charge on any atom is -0.0991 e. The zero-order valence-electron chi connectivity index (χ0n) is 8.22. The van der Waals surface area contributed by atoms with Gasteiger partial charge >= 0.3 is 0 Å². The highest BCUT2D eigenvalue weighted by atomic mass is 13.8. The molecule has 0 heteroatoms. The molecule has 0 aliphatic carbocycles. The summed E-state index contributed by atoms with van der Waals surface area (Å²) in [5, 5.41) is 0. The van der Waals surface area contributed by atoms with E-state index in [1.165, 1.54) is 12.0 Å². The third-order valence-corrected chi connectivity index (χ3v) is 0.951. The van der Waals surface area contributed by atoms with Crippen molar-refractivity contribution in [3.63, 3.8) is 0 Å². The molecule has 0 rings (SSSR count). The molecule has 0 fully saturated rings. The Morgan fingerprint density at radius 2 is 1.82 bits per heavy atom. The second kappa shape index (κ2) is 12.0. The lowest BCUT2D eigenvalue weighted by Crippen LogP contribution is -1.60. The van der Waals surface area contributed by atoms with Gasteiger partial charge in [-0.1, -0.05) is 56.7 Å². The molecule has 0 aliphatic heterocycles. The summed E-state index contributed by atoms with van der Waals surface area (Å²) < 4.78 is 0. The number of rotatable bonds is 2. The molecule has 0 atom stereocenters. The SMILES string of the molecule is C=C/C=C\C(C)=C/C.CCC. The van der Waals surface area contributed by atoms with Gasteiger partial charge in [-0.05, 0) is 13.8 Å². The van der Waals surface area contributed by atoms with Crippen LogP contribution in [0.1, 0.15) is 34.1 Å². The van der Waals surface area contributed by atoms with Crippen LogP contribution in [0.25, 0.3) is 0 Å². The second-order valence-corrected chi connectivity index (χ2v) is 2.33. The van der Waals surface area contributed by atoms with E-state index in [-0.39, 0.29) is 0 Å². The molecule has 0 nitrogen and oxygen atoms in total. The normalized spacial score (nSPS) is 10.7. The fourth-order valence-corrected chi connectivity index (χ4v) is 0.316. The van der Waals surface area contributed by atoms with E-state index in [1.807, 2.05) is 19.1 Å². The quantitative estimate of drug-likeness (QED) is 0.522. The van der Waals surface area contributed by atoms with Gasteiger partial charge in [-0.3, -0.25) is 0 Å². The summed E-state index contributed by atoms with van der Waals surface area (Å²) in [6, 6.07) is 0. The zero-order valence-corrected chi connectivity index (χ0v) is 8.22. The molecule has 0 spiro atoms. The summed E-state index contributed by atoms with van der Waals surface area (Å²) in [5.74, 6) is 0. The van der Waals surface area contributed by atoms with Gasteiger partial charge < -0.3 is 0 Å². The first-order chi connectivity index (χ1) is 5.22. The van der Waals surface area contributed by atoms with E-state index in [0.29, 0.717) is 0 Å². The standard InChI is InChI=1S/C8H12.C3H8/c1-4-6-7-8(3)5-2;1-3-2/h4-7H,1H2,2-3H3;3H2,1-2H3/b7-6-,8-5-;. The first-order valence-electron chi connectivity index (χ1n) is 4.14. The Balaban J connectivity index is 0. The number of allylic oxidation sites excluding steroid dienone is 5. The van der Waals surface area contributed by atoms with Crippen LogP contribution in [0.2, 0.25) is 0 Å². The number of hydrogen-bond acceptors (Lipinski definition) is 0. The minimum atomic E-state index is 1.25. The first-order valence-corrected chi connectivity index (χ1v) is 4.14. The molecule has 0 unspecified atom stereocenters. The van der Waals surface area contributed by atoms with Crippen molar-refractivity contribution in [3.8, 4) is 0 Å². The molecule has 0 aromatic carbocycles. The average Bonchev–Trinajstić information content (AvgIpc) is 2.02. The Bertz CT molecular complexity index is 127. The van der Waals surface area contributed by atoms with E-state index in [2.05, 4.69) is 33.4 Å². The Morgan fingerprint density at radius 1 is 1.36 bits per heavy atom. The van der Waals surface area contributed by atoms with Crippen molar-refractivity contribution in [2.45, 2.75) is 34.1 Å². The largest absolute Gasteiger partial charge is 0.0991 e. The summed E-state index contributed by atoms with van der Waals surface area (Å²) in [4.78, 5) is 0. The van der Waals surface area contributed by atoms with Gasteiger partial charge in [0.05, 0.1) is 0 Å². The van der Waals surface area contributed by atoms with Crippen molar-refractivity contribution in [1.29, 1.82) is 0 Å². The van der Waals surface area contributed by atoms with E-state index in [9.17, 15) is 0 Å². The highest BCUT2D eigenvalue weighted by Gasteiger charge is 1.70. The van der Waals surface area contributed by atoms with Crippen LogP contribution in [0.3, 0.4) is 0 Å². The van der Waals surface area contributed by atoms with E-state index in [1.54, 1.807) is 6.08 Å². The van der Waals surface area contributed by atoms with Crippen molar-refractivity contribution in [2.24, 2.45) is 0 Å². The van der Waals surface area contributed by atoms with Crippen LogP contribution in [-0.2, 0) is 0 Å². The van der Waals surface area contributed by atoms with Crippen LogP contribution in [0.15, 0.2) is 36.5 Å². The molecule has 0 N–H and O–H groups in total. The Labute approximate surface area is 71.3 Å². The van der Waals surface area contributed by atoms with Gasteiger partial charge in [0.1, 0.15) is 0 Å². The summed E-state index contributed by atoms with van der Waals surface area (Å²) in [7, 11) is 0. The molecule has 0 aliphatic rings. The van der Waals surface area contributed by atoms with Crippen molar-refractivity contribution in [2.75, 3.05) is 0 Å². The maximum atomic E-state index is 3.55. The highest BCUT2D eigenvalue weighted by Crippen LogP contribution is 1.92. The third-order valence-electron chi connectivity index (χ3n) is 0.951. The molecular weight excluding hydrogens is 132 g/mol. The van der Waals surface area contributed by atoms with Gasteiger partial charge in [-0.15, -0.1) is 0 Å². The fourth-order valence-electron chi connectivity index (χ4n) is 0.316. The van der Waals surface area contributed by atoms with E-state index in [4.69, 9.17) is 0 Å². The summed E-state index contributed by atoms with van der Waals surface area (Å²) in [5.41, 5.74) is 1.27. The van der Waals surface area contributed by atoms with Crippen molar-refractivity contribution >= 4 is 0 Å². The Hall–Kier alpha value is -0.780. The van der Waals surface area contributed by atoms with Gasteiger partial charge in [0, 0.05) is 0 Å². The molecule has 0 radical (unpaired) electrons. The first kappa shape index (κ1) is 12.9. The van der Waals surface area contributed by atoms with Crippen molar-refractivity contribution in [3.05, 3.63) is 36.5 Å². The molecule has 0 heterocycles. The lowest BCUT2D eigenvalue weighted by atomic mass is 10.3. The lowest BCUT2D eigenvalue weighted by Gasteiger charge is -1.82. The molecular formula is C11H20. The van der Waals surface area contributed by atoms with Crippen LogP contribution in [0, 0.1) is 0 Å². The van der Waals surface area contributed by atoms with Crippen molar-refractivity contribution < 1.29 is 0 Å². The van der Waals surface area contributed by atoms with Gasteiger partial charge in [0.15, 0.2) is 0 Å². The molecule has 0 bridgehead atoms. The molecule has 11 heavy (non-hydrogen) atoms. The second-order valence-electron chi connectivity index (χ2n) is 2.33. The monoisotopic (exact) mass is 152 g/mol. The summed E-state index contributed by atoms with van der Waals surface area (Å²) >= 11 is 0. The van der Waals surface area contributed by atoms with Gasteiger partial charge in [-0.2, -0.15) is 0 Å². The molecule has 0 saturated carbocycles. The van der Waals surface area contributed by atoms with Gasteiger partial charge in [0.25, 0.3) is 0 Å². The maximum Gasteiger partial charge on any atom is -0.0401 e. The maximum absolute atomic E-state index is 3.55. The Morgan fingerprint density at radius 3 is 2.09 bits per heavy atom. The fraction of sp³-hybridized carbons (Fsp3) is 0.455. The topological polar surface area (TPSA) is 0 Å². The molecule has 0 aromatic heterocycles. The van der Waals surface area contributed by atoms with Gasteiger partial charge in [-0.25, -0.2) is 0 Å². The minimum absolute atomic E-state index is 1.25. The third kappa shape index (κ3) is 17.6. The van der Waals surface area contributed by atoms with Crippen LogP contribution in [-0.4, -0.2) is 0 Å². The highest BCUT2D eigenvalue weighted by molar-refractivity contribution is 5.18. The van der Waals surface area contributed by atoms with Crippen LogP contribution in [0.4, 0.5) is 0 Å². The Kier molecular flexibility index (Phi) is 14.0. The predicted molar refractivity (Wildman–Crippen MR) is 54.7 cm³/mol. The summed E-state index contributed by atoms with van der Waals surface area (Å²) in [6.07, 6.45) is 9.02. The van der Waals surface area contributed by atoms with Crippen LogP contribution in [0.5, 0.6) is 0 Å². The summed E-state index contributed by atoms with van der Waals surface area (Å²) in [6.45, 7) is 11.9. The molecule has 0 saturated heterocycles. The van der Waals surface area contributed by atoms with Crippen LogP contribution < -0.4 is 0 Å². The van der Waals surface area contributed by atoms with Crippen LogP contribution >= 0.6 is 0 Å². The van der Waals surface area contributed by atoms with E-state index < -0.39 is 0 Å². The van der Waals surface area contributed by atoms with Crippen molar-refractivity contribution in [1.82, 2.24) is 0 Å². The predicted octanol–water partition coefficient (Wildman–Crippen LogP) is 4.11. The smallest absolute Gasteiger partial charge is 0.0401 e. The van der Waals surface area contributed by atoms with E-state index in [0.717, 1.165) is 0 Å². The average molecular weight is 152 g/mol. The van der Waals surface area contributed by atoms with E-state index >= 15 is 0 Å². The molecule has 64 valence electrons. The lowest BCUT2D eigenvalue weighted by molar-refractivity contribution is 1.09. The van der Waals surface area contributed by atoms with Gasteiger partial charge in [0.2, 0.25) is 0 Å². The molecule has 0 aromatic rings. The molecule has 0 amide bonds. The number of hydrogen-bond donors (Lipinski definition) is 0. The zero-order chi connectivity index (χ0) is 9.11.